The molecule has 0 aliphatic carbocycles. The van der Waals surface area contributed by atoms with Crippen LogP contribution < -0.4 is 17.1 Å². The maximum Gasteiger partial charge on any atom is 0.346 e. The van der Waals surface area contributed by atoms with Crippen molar-refractivity contribution in [2.75, 3.05) is 11.5 Å². The van der Waals surface area contributed by atoms with Gasteiger partial charge in [0.2, 0.25) is 0 Å². The van der Waals surface area contributed by atoms with Crippen molar-refractivity contribution < 1.29 is 19.4 Å². The zero-order chi connectivity index (χ0) is 15.3. The predicted molar refractivity (Wildman–Crippen MR) is 77.4 cm³/mol. The van der Waals surface area contributed by atoms with Gasteiger partial charge in [0.1, 0.15) is 5.75 Å². The molecule has 3 aromatic rings. The Hall–Kier alpha value is -3.22. The molecule has 0 spiro atoms. The number of phenols is 1. The van der Waals surface area contributed by atoms with E-state index in [-0.39, 0.29) is 33.7 Å². The van der Waals surface area contributed by atoms with Gasteiger partial charge in [-0.25, -0.2) is 9.59 Å². The highest BCUT2D eigenvalue weighted by atomic mass is 16.4. The SMILES string of the molecule is Nc1c(C(=O)O)ccc2c1oc(=O)c1c(N)c(O)ccc12. The molecule has 7 nitrogen and oxygen atoms in total. The first-order valence-corrected chi connectivity index (χ1v) is 5.91. The number of benzene rings is 2. The van der Waals surface area contributed by atoms with Crippen LogP contribution in [-0.2, 0) is 0 Å². The van der Waals surface area contributed by atoms with Crippen LogP contribution in [0.15, 0.2) is 33.5 Å². The van der Waals surface area contributed by atoms with E-state index >= 15 is 0 Å². The summed E-state index contributed by atoms with van der Waals surface area (Å²) < 4.78 is 5.10. The molecule has 6 N–H and O–H groups in total. The summed E-state index contributed by atoms with van der Waals surface area (Å²) in [4.78, 5) is 23.1. The molecule has 0 saturated carbocycles. The number of nitrogens with two attached hydrogens (primary N) is 2. The predicted octanol–water partition coefficient (Wildman–Crippen LogP) is 1.51. The van der Waals surface area contributed by atoms with Crippen LogP contribution in [0.2, 0.25) is 0 Å². The number of carboxylic acids is 1. The van der Waals surface area contributed by atoms with Crippen molar-refractivity contribution in [1.82, 2.24) is 0 Å². The maximum absolute atomic E-state index is 12.0. The Bertz CT molecular complexity index is 975. The zero-order valence-corrected chi connectivity index (χ0v) is 10.6. The fraction of sp³-hybridized carbons (Fsp3) is 0. The summed E-state index contributed by atoms with van der Waals surface area (Å²) in [7, 11) is 0. The number of aromatic carboxylic acids is 1. The van der Waals surface area contributed by atoms with Crippen molar-refractivity contribution in [2.24, 2.45) is 0 Å². The summed E-state index contributed by atoms with van der Waals surface area (Å²) >= 11 is 0. The summed E-state index contributed by atoms with van der Waals surface area (Å²) in [6.07, 6.45) is 0. The lowest BCUT2D eigenvalue weighted by atomic mass is 10.0. The molecule has 0 aliphatic rings. The Morgan fingerprint density at radius 2 is 1.71 bits per heavy atom. The third-order valence-corrected chi connectivity index (χ3v) is 3.34. The Morgan fingerprint density at radius 3 is 2.38 bits per heavy atom. The van der Waals surface area contributed by atoms with E-state index in [0.717, 1.165) is 0 Å². The fourth-order valence-electron chi connectivity index (χ4n) is 2.30. The molecule has 21 heavy (non-hydrogen) atoms. The number of aromatic hydroxyl groups is 1. The molecule has 2 aromatic carbocycles. The largest absolute Gasteiger partial charge is 0.506 e. The topological polar surface area (TPSA) is 140 Å². The first-order chi connectivity index (χ1) is 9.91. The van der Waals surface area contributed by atoms with Gasteiger partial charge in [0.05, 0.1) is 22.3 Å². The highest BCUT2D eigenvalue weighted by Gasteiger charge is 2.18. The Labute approximate surface area is 117 Å². The van der Waals surface area contributed by atoms with E-state index in [4.69, 9.17) is 21.0 Å². The van der Waals surface area contributed by atoms with Gasteiger partial charge in [-0.3, -0.25) is 0 Å². The molecule has 7 heteroatoms. The van der Waals surface area contributed by atoms with Gasteiger partial charge in [-0.2, -0.15) is 0 Å². The van der Waals surface area contributed by atoms with Crippen molar-refractivity contribution in [3.05, 3.63) is 40.2 Å². The minimum atomic E-state index is -1.22. The molecule has 3 rings (SSSR count). The van der Waals surface area contributed by atoms with E-state index in [1.807, 2.05) is 0 Å². The van der Waals surface area contributed by atoms with Crippen molar-refractivity contribution in [3.63, 3.8) is 0 Å². The molecule has 0 atom stereocenters. The number of fused-ring (bicyclic) bond motifs is 3. The lowest BCUT2D eigenvalue weighted by Crippen LogP contribution is -2.07. The van der Waals surface area contributed by atoms with Gasteiger partial charge in [-0.15, -0.1) is 0 Å². The van der Waals surface area contributed by atoms with Crippen LogP contribution >= 0.6 is 0 Å². The second kappa shape index (κ2) is 4.14. The van der Waals surface area contributed by atoms with E-state index < -0.39 is 11.6 Å². The van der Waals surface area contributed by atoms with Crippen molar-refractivity contribution in [3.8, 4) is 5.75 Å². The number of rotatable bonds is 1. The number of carbonyl (C=O) groups is 1. The number of phenolic OH excluding ortho intramolecular Hbond substituents is 1. The Kier molecular flexibility index (Phi) is 2.52. The van der Waals surface area contributed by atoms with Gasteiger partial charge in [-0.05, 0) is 24.3 Å². The van der Waals surface area contributed by atoms with E-state index in [1.54, 1.807) is 0 Å². The van der Waals surface area contributed by atoms with Gasteiger partial charge >= 0.3 is 11.6 Å². The first-order valence-electron chi connectivity index (χ1n) is 5.91. The molecule has 0 aliphatic heterocycles. The minimum Gasteiger partial charge on any atom is -0.506 e. The van der Waals surface area contributed by atoms with E-state index in [0.29, 0.717) is 10.8 Å². The maximum atomic E-state index is 12.0. The average molecular weight is 286 g/mol. The summed E-state index contributed by atoms with van der Waals surface area (Å²) in [5.41, 5.74) is 10.3. The van der Waals surface area contributed by atoms with Crippen LogP contribution in [0.1, 0.15) is 10.4 Å². The molecule has 0 unspecified atom stereocenters. The molecule has 0 bridgehead atoms. The molecular weight excluding hydrogens is 276 g/mol. The quantitative estimate of drug-likeness (QED) is 0.230. The Morgan fingerprint density at radius 1 is 1.05 bits per heavy atom. The number of anilines is 2. The summed E-state index contributed by atoms with van der Waals surface area (Å²) in [6, 6.07) is 5.65. The molecule has 1 heterocycles. The highest BCUT2D eigenvalue weighted by molar-refractivity contribution is 6.14. The van der Waals surface area contributed by atoms with Crippen molar-refractivity contribution >= 4 is 39.1 Å². The lowest BCUT2D eigenvalue weighted by Gasteiger charge is -2.09. The van der Waals surface area contributed by atoms with Crippen LogP contribution in [-0.4, -0.2) is 16.2 Å². The monoisotopic (exact) mass is 286 g/mol. The molecule has 106 valence electrons. The van der Waals surface area contributed by atoms with Crippen LogP contribution in [0.4, 0.5) is 11.4 Å². The normalized spacial score (nSPS) is 11.0. The summed E-state index contributed by atoms with van der Waals surface area (Å²) in [6.45, 7) is 0. The summed E-state index contributed by atoms with van der Waals surface area (Å²) in [5.74, 6) is -1.45. The van der Waals surface area contributed by atoms with Crippen LogP contribution in [0, 0.1) is 0 Å². The van der Waals surface area contributed by atoms with E-state index in [9.17, 15) is 14.7 Å². The second-order valence-corrected chi connectivity index (χ2v) is 4.52. The highest BCUT2D eigenvalue weighted by Crippen LogP contribution is 2.34. The lowest BCUT2D eigenvalue weighted by molar-refractivity contribution is 0.0698. The van der Waals surface area contributed by atoms with Gasteiger partial charge in [0.15, 0.2) is 5.58 Å². The second-order valence-electron chi connectivity index (χ2n) is 4.52. The molecule has 1 aromatic heterocycles. The summed E-state index contributed by atoms with van der Waals surface area (Å²) in [5, 5.41) is 19.5. The van der Waals surface area contributed by atoms with Crippen molar-refractivity contribution in [2.45, 2.75) is 0 Å². The van der Waals surface area contributed by atoms with Gasteiger partial charge in [0, 0.05) is 10.8 Å². The number of hydrogen-bond acceptors (Lipinski definition) is 6. The number of nitrogen functional groups attached to an aromatic ring is 2. The Balaban J connectivity index is 2.58. The van der Waals surface area contributed by atoms with Gasteiger partial charge in [0.25, 0.3) is 0 Å². The fourth-order valence-corrected chi connectivity index (χ4v) is 2.30. The first kappa shape index (κ1) is 12.8. The van der Waals surface area contributed by atoms with Crippen LogP contribution in [0.25, 0.3) is 21.7 Å². The van der Waals surface area contributed by atoms with Crippen molar-refractivity contribution in [1.29, 1.82) is 0 Å². The number of carboxylic acid groups (broad SMARTS) is 1. The average Bonchev–Trinajstić information content (AvgIpc) is 2.43. The third kappa shape index (κ3) is 1.68. The van der Waals surface area contributed by atoms with Gasteiger partial charge in [-0.1, -0.05) is 0 Å². The smallest absolute Gasteiger partial charge is 0.346 e. The van der Waals surface area contributed by atoms with E-state index in [1.165, 1.54) is 24.3 Å². The van der Waals surface area contributed by atoms with Gasteiger partial charge < -0.3 is 26.1 Å². The van der Waals surface area contributed by atoms with Crippen LogP contribution in [0.3, 0.4) is 0 Å². The number of hydrogen-bond donors (Lipinski definition) is 4. The molecule has 0 amide bonds. The van der Waals surface area contributed by atoms with E-state index in [2.05, 4.69) is 0 Å². The zero-order valence-electron chi connectivity index (χ0n) is 10.6. The minimum absolute atomic E-state index is 0.0162. The standard InChI is InChI=1S/C14H10N2O5/c15-10-7(13(18)19)2-1-6-5-3-4-8(17)11(16)9(5)14(20)21-12(6)10/h1-4,17H,15-16H2,(H,18,19). The molecule has 0 radical (unpaired) electrons. The van der Waals surface area contributed by atoms with Crippen LogP contribution in [0.5, 0.6) is 5.75 Å². The third-order valence-electron chi connectivity index (χ3n) is 3.34. The molecule has 0 saturated heterocycles. The molecular formula is C14H10N2O5. The molecule has 0 fully saturated rings.